The topological polar surface area (TPSA) is 0 Å². The molecule has 20 heavy (non-hydrogen) atoms. The van der Waals surface area contributed by atoms with E-state index in [1.54, 1.807) is 11.1 Å². The van der Waals surface area contributed by atoms with Crippen LogP contribution in [0, 0.1) is 11.8 Å². The van der Waals surface area contributed by atoms with Gasteiger partial charge in [0.2, 0.25) is 0 Å². The SMILES string of the molecule is C=C(C)C1CC=C(C)CC1.CC1=CC=C(C(C)C)CC1. The molecule has 0 aromatic carbocycles. The van der Waals surface area contributed by atoms with Crippen molar-refractivity contribution in [2.75, 3.05) is 0 Å². The molecule has 0 saturated carbocycles. The van der Waals surface area contributed by atoms with E-state index in [0.29, 0.717) is 0 Å². The van der Waals surface area contributed by atoms with Crippen molar-refractivity contribution in [3.63, 3.8) is 0 Å². The van der Waals surface area contributed by atoms with Gasteiger partial charge in [-0.3, -0.25) is 0 Å². The minimum atomic E-state index is 0.740. The zero-order chi connectivity index (χ0) is 15.1. The van der Waals surface area contributed by atoms with E-state index in [1.165, 1.54) is 43.3 Å². The molecule has 0 aliphatic heterocycles. The van der Waals surface area contributed by atoms with Crippen molar-refractivity contribution in [3.05, 3.63) is 47.1 Å². The molecule has 2 rings (SSSR count). The van der Waals surface area contributed by atoms with E-state index in [4.69, 9.17) is 0 Å². The molecular weight excluding hydrogens is 240 g/mol. The lowest BCUT2D eigenvalue weighted by atomic mass is 9.86. The first-order valence-electron chi connectivity index (χ1n) is 8.07. The molecule has 0 radical (unpaired) electrons. The van der Waals surface area contributed by atoms with Crippen LogP contribution in [-0.4, -0.2) is 0 Å². The van der Waals surface area contributed by atoms with E-state index in [1.807, 2.05) is 0 Å². The van der Waals surface area contributed by atoms with E-state index in [2.05, 4.69) is 59.4 Å². The fraction of sp³-hybridized carbons (Fsp3) is 0.600. The Morgan fingerprint density at radius 1 is 1.10 bits per heavy atom. The van der Waals surface area contributed by atoms with Crippen molar-refractivity contribution in [2.24, 2.45) is 11.8 Å². The highest BCUT2D eigenvalue weighted by atomic mass is 14.2. The van der Waals surface area contributed by atoms with Gasteiger partial charge in [0.25, 0.3) is 0 Å². The number of hydrogen-bond acceptors (Lipinski definition) is 0. The lowest BCUT2D eigenvalue weighted by Crippen LogP contribution is -2.04. The highest BCUT2D eigenvalue weighted by molar-refractivity contribution is 5.23. The molecule has 1 unspecified atom stereocenters. The van der Waals surface area contributed by atoms with Crippen LogP contribution in [-0.2, 0) is 0 Å². The van der Waals surface area contributed by atoms with Gasteiger partial charge in [-0.25, -0.2) is 0 Å². The monoisotopic (exact) mass is 272 g/mol. The maximum atomic E-state index is 3.97. The first-order valence-corrected chi connectivity index (χ1v) is 8.07. The Balaban J connectivity index is 0.000000200. The highest BCUT2D eigenvalue weighted by Crippen LogP contribution is 2.27. The lowest BCUT2D eigenvalue weighted by molar-refractivity contribution is 0.540. The fourth-order valence-corrected chi connectivity index (χ4v) is 2.65. The molecule has 0 bridgehead atoms. The molecule has 0 spiro atoms. The second-order valence-electron chi connectivity index (χ2n) is 6.78. The van der Waals surface area contributed by atoms with E-state index in [0.717, 1.165) is 11.8 Å². The molecule has 2 aliphatic carbocycles. The Morgan fingerprint density at radius 2 is 1.80 bits per heavy atom. The van der Waals surface area contributed by atoms with Crippen molar-refractivity contribution >= 4 is 0 Å². The molecule has 0 amide bonds. The smallest absolute Gasteiger partial charge is 0.0171 e. The fourth-order valence-electron chi connectivity index (χ4n) is 2.65. The van der Waals surface area contributed by atoms with Crippen LogP contribution in [0.4, 0.5) is 0 Å². The molecule has 0 N–H and O–H groups in total. The molecule has 0 nitrogen and oxygen atoms in total. The second kappa shape index (κ2) is 8.29. The van der Waals surface area contributed by atoms with Crippen molar-refractivity contribution in [3.8, 4) is 0 Å². The highest BCUT2D eigenvalue weighted by Gasteiger charge is 2.11. The molecule has 0 heterocycles. The third-order valence-corrected chi connectivity index (χ3v) is 4.47. The molecule has 0 saturated heterocycles. The number of allylic oxidation sites excluding steroid dienone is 7. The Morgan fingerprint density at radius 3 is 2.20 bits per heavy atom. The quantitative estimate of drug-likeness (QED) is 0.496. The molecule has 112 valence electrons. The average Bonchev–Trinajstić information content (AvgIpc) is 2.40. The zero-order valence-electron chi connectivity index (χ0n) is 14.1. The van der Waals surface area contributed by atoms with Gasteiger partial charge in [0.15, 0.2) is 0 Å². The van der Waals surface area contributed by atoms with Gasteiger partial charge in [0.05, 0.1) is 0 Å². The standard InChI is InChI=1S/2C10H16/c2*1-8(2)10-6-4-9(3)5-7-10/h4,6,8H,5,7H2,1-3H3;4,10H,1,5-7H2,2-3H3. The van der Waals surface area contributed by atoms with Gasteiger partial charge in [-0.15, -0.1) is 0 Å². The summed E-state index contributed by atoms with van der Waals surface area (Å²) in [6.45, 7) is 15.1. The van der Waals surface area contributed by atoms with E-state index >= 15 is 0 Å². The molecular formula is C20H32. The number of rotatable bonds is 2. The van der Waals surface area contributed by atoms with Crippen LogP contribution < -0.4 is 0 Å². The van der Waals surface area contributed by atoms with Gasteiger partial charge in [-0.1, -0.05) is 60.9 Å². The van der Waals surface area contributed by atoms with Crippen molar-refractivity contribution in [1.82, 2.24) is 0 Å². The molecule has 0 aromatic rings. The van der Waals surface area contributed by atoms with Crippen molar-refractivity contribution in [1.29, 1.82) is 0 Å². The van der Waals surface area contributed by atoms with Gasteiger partial charge in [0.1, 0.15) is 0 Å². The normalized spacial score (nSPS) is 22.3. The predicted octanol–water partition coefficient (Wildman–Crippen LogP) is 6.62. The van der Waals surface area contributed by atoms with Crippen LogP contribution in [0.5, 0.6) is 0 Å². The Kier molecular flexibility index (Phi) is 7.05. The summed E-state index contributed by atoms with van der Waals surface area (Å²) in [5, 5.41) is 0. The Hall–Kier alpha value is -1.04. The summed E-state index contributed by atoms with van der Waals surface area (Å²) in [5.41, 5.74) is 6.02. The van der Waals surface area contributed by atoms with Crippen LogP contribution in [0.15, 0.2) is 47.1 Å². The maximum Gasteiger partial charge on any atom is -0.0171 e. The van der Waals surface area contributed by atoms with Crippen LogP contribution in [0.25, 0.3) is 0 Å². The molecule has 0 heteroatoms. The van der Waals surface area contributed by atoms with E-state index in [9.17, 15) is 0 Å². The Bertz CT molecular complexity index is 415. The summed E-state index contributed by atoms with van der Waals surface area (Å²) in [6.07, 6.45) is 13.2. The van der Waals surface area contributed by atoms with Crippen molar-refractivity contribution < 1.29 is 0 Å². The minimum absolute atomic E-state index is 0.740. The lowest BCUT2D eigenvalue weighted by Gasteiger charge is -2.19. The molecule has 2 aliphatic rings. The third kappa shape index (κ3) is 5.94. The zero-order valence-corrected chi connectivity index (χ0v) is 14.1. The van der Waals surface area contributed by atoms with Gasteiger partial charge in [0, 0.05) is 0 Å². The van der Waals surface area contributed by atoms with Gasteiger partial charge < -0.3 is 0 Å². The summed E-state index contributed by atoms with van der Waals surface area (Å²) in [7, 11) is 0. The van der Waals surface area contributed by atoms with Gasteiger partial charge in [-0.2, -0.15) is 0 Å². The summed E-state index contributed by atoms with van der Waals surface area (Å²) >= 11 is 0. The van der Waals surface area contributed by atoms with Crippen LogP contribution in [0.2, 0.25) is 0 Å². The largest absolute Gasteiger partial charge is 0.0998 e. The molecule has 0 fully saturated rings. The first-order chi connectivity index (χ1) is 9.40. The number of hydrogen-bond donors (Lipinski definition) is 0. The Labute approximate surface area is 126 Å². The predicted molar refractivity (Wildman–Crippen MR) is 91.8 cm³/mol. The third-order valence-electron chi connectivity index (χ3n) is 4.47. The van der Waals surface area contributed by atoms with E-state index in [-0.39, 0.29) is 0 Å². The van der Waals surface area contributed by atoms with Gasteiger partial charge in [-0.05, 0) is 64.7 Å². The maximum absolute atomic E-state index is 3.97. The van der Waals surface area contributed by atoms with Crippen LogP contribution in [0.1, 0.15) is 66.7 Å². The average molecular weight is 272 g/mol. The van der Waals surface area contributed by atoms with Gasteiger partial charge >= 0.3 is 0 Å². The van der Waals surface area contributed by atoms with Crippen molar-refractivity contribution in [2.45, 2.75) is 66.7 Å². The van der Waals surface area contributed by atoms with Crippen LogP contribution in [0.3, 0.4) is 0 Å². The molecule has 0 aromatic heterocycles. The molecule has 1 atom stereocenters. The summed E-state index contributed by atoms with van der Waals surface area (Å²) in [6, 6.07) is 0. The summed E-state index contributed by atoms with van der Waals surface area (Å²) in [4.78, 5) is 0. The summed E-state index contributed by atoms with van der Waals surface area (Å²) < 4.78 is 0. The van der Waals surface area contributed by atoms with Crippen LogP contribution >= 0.6 is 0 Å². The van der Waals surface area contributed by atoms with E-state index < -0.39 is 0 Å². The second-order valence-corrected chi connectivity index (χ2v) is 6.78. The minimum Gasteiger partial charge on any atom is -0.0998 e. The summed E-state index contributed by atoms with van der Waals surface area (Å²) in [5.74, 6) is 1.51. The first kappa shape index (κ1) is 17.0.